The SMILES string of the molecule is C[C@@H]1C=C(CC(=O)NC2CCC(F)(CCN3CCc4nc(OCC(F)F)sc4CC3)CC2)C(F)=N1. The number of alkyl halides is 3. The van der Waals surface area contributed by atoms with Crippen molar-refractivity contribution in [2.24, 2.45) is 4.99 Å². The lowest BCUT2D eigenvalue weighted by atomic mass is 9.81. The van der Waals surface area contributed by atoms with E-state index >= 15 is 4.39 Å². The number of nitrogens with one attached hydrogen (secondary N) is 1. The van der Waals surface area contributed by atoms with Crippen LogP contribution in [0.1, 0.15) is 56.0 Å². The predicted octanol–water partition coefficient (Wildman–Crippen LogP) is 4.43. The van der Waals surface area contributed by atoms with Gasteiger partial charge in [0.25, 0.3) is 11.6 Å². The molecule has 35 heavy (non-hydrogen) atoms. The van der Waals surface area contributed by atoms with Gasteiger partial charge in [-0.25, -0.2) is 18.2 Å². The molecule has 4 rings (SSSR count). The molecule has 1 amide bonds. The summed E-state index contributed by atoms with van der Waals surface area (Å²) in [6, 6.07) is -0.330. The van der Waals surface area contributed by atoms with E-state index in [2.05, 4.69) is 20.2 Å². The van der Waals surface area contributed by atoms with Crippen LogP contribution in [0.3, 0.4) is 0 Å². The van der Waals surface area contributed by atoms with Crippen LogP contribution in [-0.4, -0.2) is 72.2 Å². The van der Waals surface area contributed by atoms with E-state index in [-0.39, 0.29) is 24.4 Å². The number of aromatic nitrogens is 1. The van der Waals surface area contributed by atoms with Crippen molar-refractivity contribution in [1.82, 2.24) is 15.2 Å². The van der Waals surface area contributed by atoms with E-state index in [0.717, 1.165) is 30.1 Å². The quantitative estimate of drug-likeness (QED) is 0.493. The average Bonchev–Trinajstić information content (AvgIpc) is 3.28. The van der Waals surface area contributed by atoms with Crippen LogP contribution in [0.15, 0.2) is 16.6 Å². The lowest BCUT2D eigenvalue weighted by Gasteiger charge is -2.35. The van der Waals surface area contributed by atoms with Gasteiger partial charge in [-0.1, -0.05) is 17.4 Å². The second-order valence-electron chi connectivity index (χ2n) is 9.67. The smallest absolute Gasteiger partial charge is 0.273 e. The van der Waals surface area contributed by atoms with E-state index in [4.69, 9.17) is 4.74 Å². The predicted molar refractivity (Wildman–Crippen MR) is 127 cm³/mol. The van der Waals surface area contributed by atoms with E-state index < -0.39 is 24.7 Å². The van der Waals surface area contributed by atoms with Gasteiger partial charge in [0.2, 0.25) is 11.9 Å². The van der Waals surface area contributed by atoms with Gasteiger partial charge in [0.05, 0.1) is 18.2 Å². The molecule has 0 spiro atoms. The maximum absolute atomic E-state index is 15.5. The summed E-state index contributed by atoms with van der Waals surface area (Å²) in [5.74, 6) is -0.820. The Morgan fingerprint density at radius 1 is 1.31 bits per heavy atom. The number of hydrogen-bond acceptors (Lipinski definition) is 6. The first kappa shape index (κ1) is 26.1. The lowest BCUT2D eigenvalue weighted by molar-refractivity contribution is -0.121. The third-order valence-electron chi connectivity index (χ3n) is 6.91. The number of rotatable bonds is 9. The van der Waals surface area contributed by atoms with E-state index in [1.54, 1.807) is 13.0 Å². The highest BCUT2D eigenvalue weighted by atomic mass is 32.1. The van der Waals surface area contributed by atoms with Crippen molar-refractivity contribution in [1.29, 1.82) is 0 Å². The molecule has 3 heterocycles. The molecule has 1 aromatic heterocycles. The van der Waals surface area contributed by atoms with Crippen LogP contribution in [0.5, 0.6) is 5.19 Å². The minimum Gasteiger partial charge on any atom is -0.464 e. The van der Waals surface area contributed by atoms with Gasteiger partial charge in [-0.15, -0.1) is 0 Å². The molecular weight excluding hydrogens is 484 g/mol. The third kappa shape index (κ3) is 7.25. The highest BCUT2D eigenvalue weighted by molar-refractivity contribution is 7.13. The normalized spacial score (nSPS) is 27.3. The Hall–Kier alpha value is -2.01. The minimum atomic E-state index is -2.52. The Bertz CT molecular complexity index is 934. The minimum absolute atomic E-state index is 0.0356. The number of aliphatic imine (C=N–C) groups is 1. The van der Waals surface area contributed by atoms with E-state index in [0.29, 0.717) is 55.8 Å². The molecule has 6 nitrogen and oxygen atoms in total. The van der Waals surface area contributed by atoms with Crippen molar-refractivity contribution < 1.29 is 27.1 Å². The molecule has 1 atom stereocenters. The average molecular weight is 517 g/mol. The summed E-state index contributed by atoms with van der Waals surface area (Å²) in [5, 5.41) is 3.22. The second kappa shape index (κ2) is 11.4. The largest absolute Gasteiger partial charge is 0.464 e. The zero-order valence-corrected chi connectivity index (χ0v) is 20.7. The van der Waals surface area contributed by atoms with Crippen LogP contribution in [0, 0.1) is 0 Å². The van der Waals surface area contributed by atoms with Crippen molar-refractivity contribution in [3.8, 4) is 5.19 Å². The molecule has 0 bridgehead atoms. The van der Waals surface area contributed by atoms with Crippen molar-refractivity contribution >= 4 is 23.2 Å². The number of amides is 1. The lowest BCUT2D eigenvalue weighted by Crippen LogP contribution is -2.43. The number of carbonyl (C=O) groups is 1. The summed E-state index contributed by atoms with van der Waals surface area (Å²) in [7, 11) is 0. The highest BCUT2D eigenvalue weighted by Crippen LogP contribution is 2.36. The van der Waals surface area contributed by atoms with Gasteiger partial charge in [0.1, 0.15) is 5.67 Å². The number of hydrogen-bond donors (Lipinski definition) is 1. The van der Waals surface area contributed by atoms with Crippen molar-refractivity contribution in [2.75, 3.05) is 26.2 Å². The molecule has 1 fully saturated rings. The first-order valence-corrected chi connectivity index (χ1v) is 13.1. The van der Waals surface area contributed by atoms with Crippen LogP contribution >= 0.6 is 11.3 Å². The molecule has 2 aliphatic heterocycles. The maximum Gasteiger partial charge on any atom is 0.273 e. The third-order valence-corrected chi connectivity index (χ3v) is 7.98. The highest BCUT2D eigenvalue weighted by Gasteiger charge is 2.36. The van der Waals surface area contributed by atoms with Crippen LogP contribution < -0.4 is 10.1 Å². The molecule has 1 aromatic rings. The van der Waals surface area contributed by atoms with Gasteiger partial charge in [0.15, 0.2) is 6.61 Å². The Labute approximate surface area is 206 Å². The monoisotopic (exact) mass is 516 g/mol. The Balaban J connectivity index is 1.17. The number of fused-ring (bicyclic) bond motifs is 1. The number of thiazole rings is 1. The van der Waals surface area contributed by atoms with Crippen molar-refractivity contribution in [3.05, 3.63) is 22.2 Å². The molecule has 0 unspecified atom stereocenters. The fourth-order valence-corrected chi connectivity index (χ4v) is 5.89. The van der Waals surface area contributed by atoms with Gasteiger partial charge in [-0.2, -0.15) is 4.39 Å². The van der Waals surface area contributed by atoms with Crippen LogP contribution in [-0.2, 0) is 17.6 Å². The number of halogens is 4. The van der Waals surface area contributed by atoms with E-state index in [1.807, 2.05) is 0 Å². The van der Waals surface area contributed by atoms with E-state index in [1.165, 1.54) is 11.3 Å². The number of carbonyl (C=O) groups excluding carboxylic acids is 1. The molecule has 0 radical (unpaired) electrons. The topological polar surface area (TPSA) is 66.8 Å². The van der Waals surface area contributed by atoms with Gasteiger partial charge in [-0.3, -0.25) is 9.79 Å². The molecule has 3 aliphatic rings. The van der Waals surface area contributed by atoms with Gasteiger partial charge in [0, 0.05) is 42.5 Å². The summed E-state index contributed by atoms with van der Waals surface area (Å²) < 4.78 is 58.9. The number of ether oxygens (including phenoxy) is 1. The zero-order chi connectivity index (χ0) is 25.0. The standard InChI is InChI=1S/C24H32F4N4O2S/c1-15-12-16(22(27)29-15)13-21(33)30-17-2-6-24(28,7-3-17)8-11-32-9-4-18-19(5-10-32)35-23(31-18)34-14-20(25)26/h12,15,17,20H,2-11,13-14H2,1H3,(H,30,33)/t15-,17?,24?/m1/s1. The summed E-state index contributed by atoms with van der Waals surface area (Å²) in [4.78, 5) is 23.7. The molecule has 1 N–H and O–H groups in total. The van der Waals surface area contributed by atoms with Gasteiger partial charge in [-0.05, 0) is 45.4 Å². The second-order valence-corrected chi connectivity index (χ2v) is 10.7. The van der Waals surface area contributed by atoms with Crippen molar-refractivity contribution in [3.63, 3.8) is 0 Å². The fraction of sp³-hybridized carbons (Fsp3) is 0.708. The van der Waals surface area contributed by atoms with Crippen molar-refractivity contribution in [2.45, 2.75) is 82.5 Å². The van der Waals surface area contributed by atoms with Gasteiger partial charge >= 0.3 is 0 Å². The molecule has 1 aliphatic carbocycles. The number of nitrogens with zero attached hydrogens (tertiary/aromatic N) is 3. The van der Waals surface area contributed by atoms with Crippen LogP contribution in [0.2, 0.25) is 0 Å². The van der Waals surface area contributed by atoms with Crippen LogP contribution in [0.25, 0.3) is 0 Å². The van der Waals surface area contributed by atoms with Gasteiger partial charge < -0.3 is 15.0 Å². The first-order chi connectivity index (χ1) is 16.7. The molecule has 0 saturated heterocycles. The Morgan fingerprint density at radius 2 is 2.06 bits per heavy atom. The molecule has 194 valence electrons. The summed E-state index contributed by atoms with van der Waals surface area (Å²) >= 11 is 1.32. The molecule has 11 heteroatoms. The summed E-state index contributed by atoms with van der Waals surface area (Å²) in [5.41, 5.74) is -0.0405. The summed E-state index contributed by atoms with van der Waals surface area (Å²) in [6.45, 7) is 3.27. The first-order valence-electron chi connectivity index (χ1n) is 12.2. The molecule has 0 aromatic carbocycles. The maximum atomic E-state index is 15.5. The van der Waals surface area contributed by atoms with E-state index in [9.17, 15) is 18.0 Å². The molecule has 1 saturated carbocycles. The Kier molecular flexibility index (Phi) is 8.46. The zero-order valence-electron chi connectivity index (χ0n) is 19.9. The molecular formula is C24H32F4N4O2S. The van der Waals surface area contributed by atoms with Crippen LogP contribution in [0.4, 0.5) is 17.6 Å². The Morgan fingerprint density at radius 3 is 2.74 bits per heavy atom. The summed E-state index contributed by atoms with van der Waals surface area (Å²) in [6.07, 6.45) is 2.88. The fourth-order valence-electron chi connectivity index (χ4n) is 4.94.